The quantitative estimate of drug-likeness (QED) is 0.411. The van der Waals surface area contributed by atoms with Gasteiger partial charge in [0.1, 0.15) is 5.75 Å². The zero-order valence-electron chi connectivity index (χ0n) is 15.8. The smallest absolute Gasteiger partial charge is 0.167 e. The number of fused-ring (bicyclic) bond motifs is 1. The fourth-order valence-electron chi connectivity index (χ4n) is 3.57. The summed E-state index contributed by atoms with van der Waals surface area (Å²) < 4.78 is 28.7. The lowest BCUT2D eigenvalue weighted by Gasteiger charge is -2.11. The molecule has 0 aliphatic carbocycles. The molecule has 142 valence electrons. The normalized spacial score (nSPS) is 11.2. The van der Waals surface area contributed by atoms with Crippen LogP contribution in [-0.4, -0.2) is 5.11 Å². The van der Waals surface area contributed by atoms with Crippen molar-refractivity contribution in [3.8, 4) is 16.9 Å². The molecule has 0 radical (unpaired) electrons. The van der Waals surface area contributed by atoms with E-state index in [1.54, 1.807) is 12.1 Å². The Morgan fingerprint density at radius 1 is 0.815 bits per heavy atom. The second-order valence-electron chi connectivity index (χ2n) is 7.17. The molecule has 1 nitrogen and oxygen atoms in total. The highest BCUT2D eigenvalue weighted by atomic mass is 19.2. The van der Waals surface area contributed by atoms with Crippen molar-refractivity contribution < 1.29 is 13.9 Å². The van der Waals surface area contributed by atoms with E-state index in [-0.39, 0.29) is 11.3 Å². The summed E-state index contributed by atoms with van der Waals surface area (Å²) in [6.07, 6.45) is 8.35. The van der Waals surface area contributed by atoms with Crippen LogP contribution in [0.1, 0.15) is 51.0 Å². The topological polar surface area (TPSA) is 20.2 Å². The summed E-state index contributed by atoms with van der Waals surface area (Å²) in [4.78, 5) is 0. The van der Waals surface area contributed by atoms with Gasteiger partial charge in [0.25, 0.3) is 0 Å². The number of benzene rings is 3. The Kier molecular flexibility index (Phi) is 6.44. The Balaban J connectivity index is 1.85. The Hall–Kier alpha value is -2.42. The van der Waals surface area contributed by atoms with Crippen LogP contribution in [-0.2, 0) is 6.42 Å². The lowest BCUT2D eigenvalue weighted by atomic mass is 9.95. The molecule has 1 N–H and O–H groups in total. The number of halogens is 2. The molecule has 0 saturated carbocycles. The molecule has 3 aromatic carbocycles. The standard InChI is InChI=1S/C24H26F2O/c1-2-3-4-5-6-7-8-17-9-14-21-19(15-17)16-22(25)24(26)23(21)18-10-12-20(27)13-11-18/h9-16,27H,2-8H2,1H3. The minimum atomic E-state index is -0.850. The molecule has 0 bridgehead atoms. The van der Waals surface area contributed by atoms with Crippen molar-refractivity contribution in [2.75, 3.05) is 0 Å². The van der Waals surface area contributed by atoms with Gasteiger partial charge in [-0.3, -0.25) is 0 Å². The molecule has 0 unspecified atom stereocenters. The minimum Gasteiger partial charge on any atom is -0.508 e. The highest BCUT2D eigenvalue weighted by molar-refractivity contribution is 5.97. The SMILES string of the molecule is CCCCCCCCc1ccc2c(-c3ccc(O)cc3)c(F)c(F)cc2c1. The zero-order chi connectivity index (χ0) is 19.2. The number of rotatable bonds is 8. The van der Waals surface area contributed by atoms with Crippen LogP contribution in [0.4, 0.5) is 8.78 Å². The van der Waals surface area contributed by atoms with Gasteiger partial charge in [-0.25, -0.2) is 8.78 Å². The monoisotopic (exact) mass is 368 g/mol. The van der Waals surface area contributed by atoms with Crippen molar-refractivity contribution >= 4 is 10.8 Å². The van der Waals surface area contributed by atoms with Gasteiger partial charge in [-0.15, -0.1) is 0 Å². The molecule has 3 rings (SSSR count). The molecule has 0 aromatic heterocycles. The van der Waals surface area contributed by atoms with Crippen molar-refractivity contribution in [3.05, 3.63) is 65.7 Å². The van der Waals surface area contributed by atoms with Gasteiger partial charge >= 0.3 is 0 Å². The maximum absolute atomic E-state index is 14.5. The van der Waals surface area contributed by atoms with E-state index in [4.69, 9.17) is 0 Å². The second kappa shape index (κ2) is 8.98. The van der Waals surface area contributed by atoms with Crippen molar-refractivity contribution in [2.45, 2.75) is 51.9 Å². The van der Waals surface area contributed by atoms with Gasteiger partial charge in [0.2, 0.25) is 0 Å². The number of aromatic hydroxyl groups is 1. The van der Waals surface area contributed by atoms with E-state index < -0.39 is 11.6 Å². The number of unbranched alkanes of at least 4 members (excludes halogenated alkanes) is 5. The van der Waals surface area contributed by atoms with E-state index in [0.29, 0.717) is 16.3 Å². The number of phenols is 1. The van der Waals surface area contributed by atoms with Gasteiger partial charge in [-0.2, -0.15) is 0 Å². The Morgan fingerprint density at radius 3 is 2.26 bits per heavy atom. The molecule has 0 saturated heterocycles. The third-order valence-electron chi connectivity index (χ3n) is 5.07. The lowest BCUT2D eigenvalue weighted by Crippen LogP contribution is -1.94. The fraction of sp³-hybridized carbons (Fsp3) is 0.333. The van der Waals surface area contributed by atoms with Gasteiger partial charge in [-0.05, 0) is 52.9 Å². The largest absolute Gasteiger partial charge is 0.508 e. The molecule has 3 aromatic rings. The summed E-state index contributed by atoms with van der Waals surface area (Å²) in [7, 11) is 0. The van der Waals surface area contributed by atoms with Crippen molar-refractivity contribution in [1.29, 1.82) is 0 Å². The molecule has 0 aliphatic rings. The van der Waals surface area contributed by atoms with Crippen LogP contribution in [0, 0.1) is 11.6 Å². The Morgan fingerprint density at radius 2 is 1.52 bits per heavy atom. The first-order chi connectivity index (χ1) is 13.1. The Bertz CT molecular complexity index is 900. The lowest BCUT2D eigenvalue weighted by molar-refractivity contribution is 0.475. The average Bonchev–Trinajstić information content (AvgIpc) is 2.67. The van der Waals surface area contributed by atoms with Crippen LogP contribution >= 0.6 is 0 Å². The second-order valence-corrected chi connectivity index (χ2v) is 7.17. The summed E-state index contributed by atoms with van der Waals surface area (Å²) in [5, 5.41) is 10.9. The molecule has 0 fully saturated rings. The maximum atomic E-state index is 14.5. The molecule has 0 amide bonds. The van der Waals surface area contributed by atoms with E-state index in [1.807, 2.05) is 18.2 Å². The van der Waals surface area contributed by atoms with Crippen LogP contribution in [0.25, 0.3) is 21.9 Å². The highest BCUT2D eigenvalue weighted by Crippen LogP contribution is 2.34. The first-order valence-corrected chi connectivity index (χ1v) is 9.80. The minimum absolute atomic E-state index is 0.0982. The van der Waals surface area contributed by atoms with Gasteiger partial charge in [0.15, 0.2) is 11.6 Å². The maximum Gasteiger partial charge on any atom is 0.167 e. The fourth-order valence-corrected chi connectivity index (χ4v) is 3.57. The number of phenolic OH excluding ortho intramolecular Hbond substituents is 1. The van der Waals surface area contributed by atoms with Crippen LogP contribution in [0.5, 0.6) is 5.75 Å². The van der Waals surface area contributed by atoms with Crippen molar-refractivity contribution in [3.63, 3.8) is 0 Å². The number of aryl methyl sites for hydroxylation is 1. The van der Waals surface area contributed by atoms with Gasteiger partial charge < -0.3 is 5.11 Å². The third-order valence-corrected chi connectivity index (χ3v) is 5.07. The molecule has 27 heavy (non-hydrogen) atoms. The average molecular weight is 368 g/mol. The molecule has 0 aliphatic heterocycles. The van der Waals surface area contributed by atoms with Gasteiger partial charge in [0.05, 0.1) is 0 Å². The van der Waals surface area contributed by atoms with Crippen LogP contribution in [0.15, 0.2) is 48.5 Å². The number of hydrogen-bond acceptors (Lipinski definition) is 1. The summed E-state index contributed by atoms with van der Waals surface area (Å²) in [5.74, 6) is -1.60. The Labute approximate surface area is 159 Å². The third kappa shape index (κ3) is 4.65. The summed E-state index contributed by atoms with van der Waals surface area (Å²) in [6, 6.07) is 13.3. The molecule has 0 heterocycles. The first-order valence-electron chi connectivity index (χ1n) is 9.80. The highest BCUT2D eigenvalue weighted by Gasteiger charge is 2.15. The van der Waals surface area contributed by atoms with Crippen molar-refractivity contribution in [2.24, 2.45) is 0 Å². The van der Waals surface area contributed by atoms with E-state index in [0.717, 1.165) is 18.4 Å². The van der Waals surface area contributed by atoms with E-state index in [1.165, 1.54) is 50.3 Å². The van der Waals surface area contributed by atoms with E-state index in [9.17, 15) is 13.9 Å². The first kappa shape index (κ1) is 19.3. The van der Waals surface area contributed by atoms with E-state index >= 15 is 0 Å². The summed E-state index contributed by atoms with van der Waals surface area (Å²) >= 11 is 0. The summed E-state index contributed by atoms with van der Waals surface area (Å²) in [6.45, 7) is 2.21. The molecular weight excluding hydrogens is 342 g/mol. The van der Waals surface area contributed by atoms with Crippen molar-refractivity contribution in [1.82, 2.24) is 0 Å². The predicted molar refractivity (Wildman–Crippen MR) is 108 cm³/mol. The predicted octanol–water partition coefficient (Wildman–Crippen LogP) is 7.39. The molecule has 0 spiro atoms. The van der Waals surface area contributed by atoms with Gasteiger partial charge in [-0.1, -0.05) is 69.4 Å². The number of hydrogen-bond donors (Lipinski definition) is 1. The van der Waals surface area contributed by atoms with Gasteiger partial charge in [0, 0.05) is 5.56 Å². The zero-order valence-corrected chi connectivity index (χ0v) is 15.8. The molecule has 3 heteroatoms. The van der Waals surface area contributed by atoms with Crippen LogP contribution in [0.3, 0.4) is 0 Å². The van der Waals surface area contributed by atoms with Crippen LogP contribution in [0.2, 0.25) is 0 Å². The molecule has 0 atom stereocenters. The van der Waals surface area contributed by atoms with Crippen LogP contribution < -0.4 is 0 Å². The molecular formula is C24H26F2O. The summed E-state index contributed by atoms with van der Waals surface area (Å²) in [5.41, 5.74) is 1.95. The van der Waals surface area contributed by atoms with E-state index in [2.05, 4.69) is 6.92 Å².